The molecule has 0 spiro atoms. The molecule has 0 atom stereocenters. The molecule has 0 N–H and O–H groups in total. The Morgan fingerprint density at radius 2 is 2.29 bits per heavy atom. The first kappa shape index (κ1) is 10.3. The monoisotopic (exact) mass is 188 g/mol. The zero-order valence-electron chi connectivity index (χ0n) is 8.33. The molecule has 1 rings (SSSR count). The van der Waals surface area contributed by atoms with Crippen LogP contribution in [-0.4, -0.2) is 13.1 Å². The van der Waals surface area contributed by atoms with Gasteiger partial charge in [0.2, 0.25) is 0 Å². The normalized spacial score (nSPS) is 8.71. The van der Waals surface area contributed by atoms with Crippen LogP contribution in [0, 0.1) is 18.8 Å². The maximum atomic E-state index is 10.7. The van der Waals surface area contributed by atoms with Crippen molar-refractivity contribution in [3.63, 3.8) is 0 Å². The van der Waals surface area contributed by atoms with Crippen LogP contribution in [0.1, 0.15) is 17.5 Å². The van der Waals surface area contributed by atoms with Crippen LogP contribution in [0.2, 0.25) is 0 Å². The van der Waals surface area contributed by atoms with Gasteiger partial charge in [0.1, 0.15) is 6.42 Å². The van der Waals surface area contributed by atoms with Crippen molar-refractivity contribution >= 4 is 5.97 Å². The van der Waals surface area contributed by atoms with Crippen molar-refractivity contribution in [2.24, 2.45) is 0 Å². The van der Waals surface area contributed by atoms with Crippen LogP contribution in [0.3, 0.4) is 0 Å². The van der Waals surface area contributed by atoms with Gasteiger partial charge in [-0.15, -0.1) is 0 Å². The lowest BCUT2D eigenvalue weighted by molar-refractivity contribution is -0.139. The first-order chi connectivity index (χ1) is 6.72. The van der Waals surface area contributed by atoms with Crippen molar-refractivity contribution in [3.05, 3.63) is 35.4 Å². The summed E-state index contributed by atoms with van der Waals surface area (Å²) >= 11 is 0. The van der Waals surface area contributed by atoms with Gasteiger partial charge in [-0.25, -0.2) is 0 Å². The van der Waals surface area contributed by atoms with Gasteiger partial charge in [-0.2, -0.15) is 0 Å². The second-order valence-electron chi connectivity index (χ2n) is 2.92. The van der Waals surface area contributed by atoms with Crippen molar-refractivity contribution in [1.82, 2.24) is 0 Å². The van der Waals surface area contributed by atoms with E-state index in [0.717, 1.165) is 11.1 Å². The molecule has 2 heteroatoms. The fourth-order valence-electron chi connectivity index (χ4n) is 1.01. The van der Waals surface area contributed by atoms with E-state index in [1.165, 1.54) is 7.11 Å². The van der Waals surface area contributed by atoms with Gasteiger partial charge in [0, 0.05) is 5.56 Å². The molecule has 0 heterocycles. The third kappa shape index (κ3) is 3.32. The van der Waals surface area contributed by atoms with E-state index in [9.17, 15) is 4.79 Å². The van der Waals surface area contributed by atoms with Gasteiger partial charge in [0.05, 0.1) is 7.11 Å². The van der Waals surface area contributed by atoms with E-state index in [4.69, 9.17) is 0 Å². The molecule has 0 saturated carbocycles. The smallest absolute Gasteiger partial charge is 0.317 e. The summed E-state index contributed by atoms with van der Waals surface area (Å²) in [4.78, 5) is 10.7. The van der Waals surface area contributed by atoms with Crippen LogP contribution >= 0.6 is 0 Å². The summed E-state index contributed by atoms with van der Waals surface area (Å²) in [6, 6.07) is 7.84. The third-order valence-corrected chi connectivity index (χ3v) is 1.71. The lowest BCUT2D eigenvalue weighted by Gasteiger charge is -1.92. The van der Waals surface area contributed by atoms with Crippen LogP contribution < -0.4 is 0 Å². The van der Waals surface area contributed by atoms with E-state index >= 15 is 0 Å². The number of aryl methyl sites for hydroxylation is 1. The molecule has 1 aromatic carbocycles. The first-order valence-corrected chi connectivity index (χ1v) is 4.34. The Hall–Kier alpha value is -1.75. The lowest BCUT2D eigenvalue weighted by atomic mass is 10.1. The van der Waals surface area contributed by atoms with Gasteiger partial charge in [-0.1, -0.05) is 24.0 Å². The Morgan fingerprint density at radius 1 is 1.50 bits per heavy atom. The van der Waals surface area contributed by atoms with Crippen molar-refractivity contribution in [1.29, 1.82) is 0 Å². The Balaban J connectivity index is 2.64. The summed E-state index contributed by atoms with van der Waals surface area (Å²) in [5, 5.41) is 0. The first-order valence-electron chi connectivity index (χ1n) is 4.34. The van der Waals surface area contributed by atoms with Gasteiger partial charge >= 0.3 is 5.97 Å². The van der Waals surface area contributed by atoms with Crippen molar-refractivity contribution < 1.29 is 9.53 Å². The van der Waals surface area contributed by atoms with Crippen LogP contribution in [0.15, 0.2) is 24.3 Å². The third-order valence-electron chi connectivity index (χ3n) is 1.71. The SMILES string of the molecule is COC(=O)CC#Cc1cccc(C)c1. The maximum absolute atomic E-state index is 10.7. The van der Waals surface area contributed by atoms with Crippen LogP contribution in [0.5, 0.6) is 0 Å². The summed E-state index contributed by atoms with van der Waals surface area (Å²) in [5.41, 5.74) is 2.09. The number of esters is 1. The zero-order chi connectivity index (χ0) is 10.4. The van der Waals surface area contributed by atoms with E-state index in [1.54, 1.807) is 0 Å². The van der Waals surface area contributed by atoms with Gasteiger partial charge < -0.3 is 4.74 Å². The number of hydrogen-bond donors (Lipinski definition) is 0. The molecular formula is C12H12O2. The van der Waals surface area contributed by atoms with Gasteiger partial charge in [-0.3, -0.25) is 4.79 Å². The predicted molar refractivity (Wildman–Crippen MR) is 54.7 cm³/mol. The number of hydrogen-bond acceptors (Lipinski definition) is 2. The molecule has 0 radical (unpaired) electrons. The highest BCUT2D eigenvalue weighted by atomic mass is 16.5. The summed E-state index contributed by atoms with van der Waals surface area (Å²) in [5.74, 6) is 5.35. The van der Waals surface area contributed by atoms with Crippen LogP contribution in [0.25, 0.3) is 0 Å². The molecule has 72 valence electrons. The highest BCUT2D eigenvalue weighted by Crippen LogP contribution is 2.01. The lowest BCUT2D eigenvalue weighted by Crippen LogP contribution is -1.96. The molecule has 0 aliphatic heterocycles. The Kier molecular flexibility index (Phi) is 3.75. The molecule has 0 amide bonds. The van der Waals surface area contributed by atoms with Crippen molar-refractivity contribution in [2.45, 2.75) is 13.3 Å². The highest BCUT2D eigenvalue weighted by Gasteiger charge is 1.93. The summed E-state index contributed by atoms with van der Waals surface area (Å²) < 4.78 is 4.47. The standard InChI is InChI=1S/C12H12O2/c1-10-5-3-6-11(9-10)7-4-8-12(13)14-2/h3,5-6,9H,8H2,1-2H3. The molecule has 0 bridgehead atoms. The molecular weight excluding hydrogens is 176 g/mol. The topological polar surface area (TPSA) is 26.3 Å². The van der Waals surface area contributed by atoms with Crippen molar-refractivity contribution in [2.75, 3.05) is 7.11 Å². The molecule has 0 saturated heterocycles. The Labute approximate surface area is 83.9 Å². The minimum absolute atomic E-state index is 0.143. The number of ether oxygens (including phenoxy) is 1. The molecule has 0 fully saturated rings. The predicted octanol–water partition coefficient (Wildman–Crippen LogP) is 1.91. The van der Waals surface area contributed by atoms with E-state index in [1.807, 2.05) is 31.2 Å². The number of methoxy groups -OCH3 is 1. The average molecular weight is 188 g/mol. The van der Waals surface area contributed by atoms with Crippen LogP contribution in [-0.2, 0) is 9.53 Å². The molecule has 0 aliphatic rings. The quantitative estimate of drug-likeness (QED) is 0.497. The maximum Gasteiger partial charge on any atom is 0.317 e. The Morgan fingerprint density at radius 3 is 2.93 bits per heavy atom. The molecule has 1 aromatic rings. The van der Waals surface area contributed by atoms with Crippen molar-refractivity contribution in [3.8, 4) is 11.8 Å². The number of carbonyl (C=O) groups is 1. The molecule has 0 aliphatic carbocycles. The fraction of sp³-hybridized carbons (Fsp3) is 0.250. The fourth-order valence-corrected chi connectivity index (χ4v) is 1.01. The summed E-state index contributed by atoms with van der Waals surface area (Å²) in [7, 11) is 1.36. The van der Waals surface area contributed by atoms with Gasteiger partial charge in [-0.05, 0) is 24.6 Å². The second-order valence-corrected chi connectivity index (χ2v) is 2.92. The summed E-state index contributed by atoms with van der Waals surface area (Å²) in [6.45, 7) is 2.01. The number of benzene rings is 1. The highest BCUT2D eigenvalue weighted by molar-refractivity contribution is 5.72. The van der Waals surface area contributed by atoms with E-state index in [2.05, 4.69) is 16.6 Å². The number of carbonyl (C=O) groups excluding carboxylic acids is 1. The molecule has 2 nitrogen and oxygen atoms in total. The zero-order valence-corrected chi connectivity index (χ0v) is 8.33. The largest absolute Gasteiger partial charge is 0.468 e. The second kappa shape index (κ2) is 5.08. The minimum Gasteiger partial charge on any atom is -0.468 e. The van der Waals surface area contributed by atoms with Crippen LogP contribution in [0.4, 0.5) is 0 Å². The summed E-state index contributed by atoms with van der Waals surface area (Å²) in [6.07, 6.45) is 0.143. The minimum atomic E-state index is -0.301. The van der Waals surface area contributed by atoms with E-state index in [0.29, 0.717) is 0 Å². The van der Waals surface area contributed by atoms with E-state index < -0.39 is 0 Å². The molecule has 0 unspecified atom stereocenters. The number of rotatable bonds is 1. The Bertz CT molecular complexity index is 383. The van der Waals surface area contributed by atoms with Gasteiger partial charge in [0.15, 0.2) is 0 Å². The molecule has 0 aromatic heterocycles. The van der Waals surface area contributed by atoms with E-state index in [-0.39, 0.29) is 12.4 Å². The average Bonchev–Trinajstić information content (AvgIpc) is 2.17. The molecule has 14 heavy (non-hydrogen) atoms. The van der Waals surface area contributed by atoms with Gasteiger partial charge in [0.25, 0.3) is 0 Å².